The highest BCUT2D eigenvalue weighted by Gasteiger charge is 2.38. The summed E-state index contributed by atoms with van der Waals surface area (Å²) in [5.41, 5.74) is 5.99. The number of halogens is 3. The number of alkyl halides is 2. The van der Waals surface area contributed by atoms with Crippen LogP contribution in [-0.2, 0) is 6.54 Å². The van der Waals surface area contributed by atoms with Crippen LogP contribution < -0.4 is 4.90 Å². The molecule has 0 spiro atoms. The predicted octanol–water partition coefficient (Wildman–Crippen LogP) is 5.37. The van der Waals surface area contributed by atoms with Gasteiger partial charge in [-0.2, -0.15) is 4.39 Å². The van der Waals surface area contributed by atoms with Crippen molar-refractivity contribution < 1.29 is 13.2 Å². The highest BCUT2D eigenvalue weighted by atomic mass is 32.1. The topological polar surface area (TPSA) is 86.2 Å². The van der Waals surface area contributed by atoms with Gasteiger partial charge in [0.1, 0.15) is 29.4 Å². The van der Waals surface area contributed by atoms with E-state index in [1.165, 1.54) is 6.07 Å². The predicted molar refractivity (Wildman–Crippen MR) is 148 cm³/mol. The minimum Gasteiger partial charge on any atom is -0.340 e. The van der Waals surface area contributed by atoms with E-state index in [9.17, 15) is 13.2 Å². The molecule has 0 radical (unpaired) electrons. The summed E-state index contributed by atoms with van der Waals surface area (Å²) in [7, 11) is 1.92. The van der Waals surface area contributed by atoms with Crippen molar-refractivity contribution in [2.45, 2.75) is 18.9 Å². The molecule has 8 nitrogen and oxygen atoms in total. The van der Waals surface area contributed by atoms with Gasteiger partial charge in [-0.1, -0.05) is 0 Å². The molecule has 1 saturated heterocycles. The number of nitrogens with one attached hydrogen (secondary N) is 1. The van der Waals surface area contributed by atoms with Crippen molar-refractivity contribution in [1.82, 2.24) is 29.8 Å². The molecule has 1 fully saturated rings. The Labute approximate surface area is 231 Å². The number of anilines is 1. The van der Waals surface area contributed by atoms with Gasteiger partial charge in [0.2, 0.25) is 0 Å². The molecule has 5 aromatic rings. The number of hydrogen-bond acceptors (Lipinski definition) is 8. The van der Waals surface area contributed by atoms with E-state index in [1.54, 1.807) is 35.8 Å². The first-order valence-corrected chi connectivity index (χ1v) is 13.6. The van der Waals surface area contributed by atoms with Gasteiger partial charge in [-0.15, -0.1) is 11.3 Å². The lowest BCUT2D eigenvalue weighted by Crippen LogP contribution is -2.28. The molecule has 0 bridgehead atoms. The molecule has 7 rings (SSSR count). The summed E-state index contributed by atoms with van der Waals surface area (Å²) >= 11 is 1.02. The first-order valence-electron chi connectivity index (χ1n) is 12.7. The van der Waals surface area contributed by atoms with Gasteiger partial charge in [0, 0.05) is 68.0 Å². The van der Waals surface area contributed by atoms with Gasteiger partial charge in [0.05, 0.1) is 16.9 Å². The van der Waals surface area contributed by atoms with E-state index in [0.29, 0.717) is 47.4 Å². The second-order valence-corrected chi connectivity index (χ2v) is 11.1. The molecular weight excluding hydrogens is 537 g/mol. The Hall–Kier alpha value is -4.16. The molecular formula is C28H23F3N8S. The lowest BCUT2D eigenvalue weighted by molar-refractivity contribution is 0.0115. The fourth-order valence-electron chi connectivity index (χ4n) is 5.23. The Morgan fingerprint density at radius 2 is 1.95 bits per heavy atom. The summed E-state index contributed by atoms with van der Waals surface area (Å²) < 4.78 is 41.1. The van der Waals surface area contributed by atoms with E-state index in [-0.39, 0.29) is 18.1 Å². The van der Waals surface area contributed by atoms with E-state index in [2.05, 4.69) is 15.0 Å². The standard InChI is InChI=1S/C28H23F3N8S/c1-38-15-35-23(26-36-20-4-6-33-25(24(20)37-26)21-2-3-22(29)40-21)19-9-18(12-34-27(19)38)17-8-16(10-32-11-17)13-39-7-5-28(30,31)14-39/h2-4,6,8-12H,5,7,13-15H2,1H3,(H,36,37). The van der Waals surface area contributed by atoms with Gasteiger partial charge in [-0.05, 0) is 35.9 Å². The molecule has 0 aliphatic carbocycles. The number of hydrogen-bond donors (Lipinski definition) is 1. The summed E-state index contributed by atoms with van der Waals surface area (Å²) in [6.45, 7) is 0.943. The van der Waals surface area contributed by atoms with Crippen LogP contribution in [0.15, 0.2) is 60.1 Å². The Kier molecular flexibility index (Phi) is 5.90. The van der Waals surface area contributed by atoms with Crippen molar-refractivity contribution in [3.05, 3.63) is 77.2 Å². The third kappa shape index (κ3) is 4.52. The van der Waals surface area contributed by atoms with E-state index in [1.807, 2.05) is 30.1 Å². The molecule has 0 saturated carbocycles. The van der Waals surface area contributed by atoms with Gasteiger partial charge in [-0.3, -0.25) is 19.9 Å². The number of aliphatic imine (C=N–C) groups is 1. The second kappa shape index (κ2) is 9.49. The molecule has 0 unspecified atom stereocenters. The molecule has 2 aliphatic heterocycles. The third-order valence-corrected chi connectivity index (χ3v) is 8.02. The van der Waals surface area contributed by atoms with Crippen LogP contribution in [-0.4, -0.2) is 68.3 Å². The fourth-order valence-corrected chi connectivity index (χ4v) is 5.95. The van der Waals surface area contributed by atoms with Gasteiger partial charge in [0.25, 0.3) is 5.92 Å². The molecule has 0 amide bonds. The first-order chi connectivity index (χ1) is 19.3. The summed E-state index contributed by atoms with van der Waals surface area (Å²) in [6, 6.07) is 8.92. The SMILES string of the molecule is CN1CN=C(c2nc3c(-c4ccc(F)s4)nccc3[nH]2)c2cc(-c3cncc(CN4CCC(F)(F)C4)c3)cnc21. The van der Waals surface area contributed by atoms with Gasteiger partial charge in [0.15, 0.2) is 11.0 Å². The Bertz CT molecular complexity index is 1780. The lowest BCUT2D eigenvalue weighted by Gasteiger charge is -2.25. The van der Waals surface area contributed by atoms with Crippen molar-refractivity contribution in [3.8, 4) is 21.7 Å². The van der Waals surface area contributed by atoms with E-state index < -0.39 is 5.92 Å². The van der Waals surface area contributed by atoms with Crippen LogP contribution >= 0.6 is 11.3 Å². The number of rotatable bonds is 5. The van der Waals surface area contributed by atoms with Crippen LogP contribution in [0.2, 0.25) is 0 Å². The summed E-state index contributed by atoms with van der Waals surface area (Å²) in [4.78, 5) is 31.0. The van der Waals surface area contributed by atoms with Crippen molar-refractivity contribution in [2.75, 3.05) is 31.7 Å². The molecule has 5 aromatic heterocycles. The van der Waals surface area contributed by atoms with E-state index in [4.69, 9.17) is 15.0 Å². The first kappa shape index (κ1) is 24.9. The quantitative estimate of drug-likeness (QED) is 0.311. The summed E-state index contributed by atoms with van der Waals surface area (Å²) in [6.07, 6.45) is 6.80. The number of pyridine rings is 3. The van der Waals surface area contributed by atoms with Crippen LogP contribution in [0, 0.1) is 5.13 Å². The maximum absolute atomic E-state index is 13.7. The molecule has 202 valence electrons. The molecule has 0 atom stereocenters. The number of fused-ring (bicyclic) bond motifs is 2. The zero-order valence-corrected chi connectivity index (χ0v) is 22.2. The number of aromatic nitrogens is 5. The minimum atomic E-state index is -2.64. The van der Waals surface area contributed by atoms with Gasteiger partial charge >= 0.3 is 0 Å². The zero-order chi connectivity index (χ0) is 27.4. The normalized spacial score (nSPS) is 16.9. The van der Waals surface area contributed by atoms with Crippen LogP contribution in [0.5, 0.6) is 0 Å². The van der Waals surface area contributed by atoms with Crippen molar-refractivity contribution in [3.63, 3.8) is 0 Å². The smallest absolute Gasteiger partial charge is 0.261 e. The Morgan fingerprint density at radius 3 is 2.75 bits per heavy atom. The fraction of sp³-hybridized carbons (Fsp3) is 0.250. The van der Waals surface area contributed by atoms with Crippen LogP contribution in [0.3, 0.4) is 0 Å². The number of likely N-dealkylation sites (tertiary alicyclic amines) is 1. The average molecular weight is 561 g/mol. The number of imidazole rings is 1. The average Bonchev–Trinajstić information content (AvgIpc) is 3.66. The van der Waals surface area contributed by atoms with Crippen LogP contribution in [0.25, 0.3) is 32.7 Å². The summed E-state index contributed by atoms with van der Waals surface area (Å²) in [5.74, 6) is -1.31. The van der Waals surface area contributed by atoms with Crippen molar-refractivity contribution >= 4 is 33.9 Å². The third-order valence-electron chi connectivity index (χ3n) is 7.14. The van der Waals surface area contributed by atoms with E-state index >= 15 is 0 Å². The molecule has 1 N–H and O–H groups in total. The van der Waals surface area contributed by atoms with Crippen LogP contribution in [0.1, 0.15) is 23.4 Å². The highest BCUT2D eigenvalue weighted by Crippen LogP contribution is 2.33. The van der Waals surface area contributed by atoms with Crippen molar-refractivity contribution in [1.29, 1.82) is 0 Å². The molecule has 12 heteroatoms. The number of nitrogens with zero attached hydrogens (tertiary/aromatic N) is 7. The lowest BCUT2D eigenvalue weighted by atomic mass is 10.0. The Balaban J connectivity index is 1.24. The number of thiophene rings is 1. The zero-order valence-electron chi connectivity index (χ0n) is 21.4. The number of H-pyrrole nitrogens is 1. The van der Waals surface area contributed by atoms with E-state index in [0.717, 1.165) is 44.9 Å². The summed E-state index contributed by atoms with van der Waals surface area (Å²) in [5, 5.41) is -0.284. The minimum absolute atomic E-state index is 0.117. The Morgan fingerprint density at radius 1 is 1.07 bits per heavy atom. The van der Waals surface area contributed by atoms with Gasteiger partial charge in [-0.25, -0.2) is 18.7 Å². The second-order valence-electron chi connectivity index (χ2n) is 10.1. The van der Waals surface area contributed by atoms with Crippen LogP contribution in [0.4, 0.5) is 19.0 Å². The monoisotopic (exact) mass is 560 g/mol. The molecule has 7 heterocycles. The molecule has 0 aromatic carbocycles. The largest absolute Gasteiger partial charge is 0.340 e. The van der Waals surface area contributed by atoms with Gasteiger partial charge < -0.3 is 9.88 Å². The van der Waals surface area contributed by atoms with Crippen molar-refractivity contribution in [2.24, 2.45) is 4.99 Å². The molecule has 40 heavy (non-hydrogen) atoms. The molecule has 2 aliphatic rings. The highest BCUT2D eigenvalue weighted by molar-refractivity contribution is 7.13. The number of aromatic amines is 1. The maximum Gasteiger partial charge on any atom is 0.261 e. The maximum atomic E-state index is 13.7.